The minimum Gasteiger partial charge on any atom is -0.206 e. The van der Waals surface area contributed by atoms with Crippen molar-refractivity contribution in [2.45, 2.75) is 26.2 Å². The third kappa shape index (κ3) is 2.38. The van der Waals surface area contributed by atoms with Gasteiger partial charge in [0.15, 0.2) is 0 Å². The van der Waals surface area contributed by atoms with E-state index in [1.165, 1.54) is 6.07 Å². The largest absolute Gasteiger partial charge is 0.206 e. The topological polar surface area (TPSA) is 0 Å². The Morgan fingerprint density at radius 2 is 1.47 bits per heavy atom. The van der Waals surface area contributed by atoms with Crippen LogP contribution in [0.25, 0.3) is 11.1 Å². The maximum absolute atomic E-state index is 14.1. The van der Waals surface area contributed by atoms with Crippen LogP contribution in [0.2, 0.25) is 0 Å². The molecule has 0 amide bonds. The van der Waals surface area contributed by atoms with Gasteiger partial charge in [-0.25, -0.2) is 4.39 Å². The second-order valence-electron chi connectivity index (χ2n) is 5.28. The zero-order chi connectivity index (χ0) is 12.5. The van der Waals surface area contributed by atoms with Crippen molar-refractivity contribution >= 4 is 0 Å². The van der Waals surface area contributed by atoms with Crippen molar-refractivity contribution in [3.05, 3.63) is 59.9 Å². The standard InChI is InChI=1S/C16H17F/c1-16(2,3)13-10-7-11-14(17)15(13)12-8-5-4-6-9-12/h4-11H,1-3H3. The maximum Gasteiger partial charge on any atom is 0.131 e. The molecule has 2 aromatic rings. The van der Waals surface area contributed by atoms with Crippen LogP contribution < -0.4 is 0 Å². The summed E-state index contributed by atoms with van der Waals surface area (Å²) >= 11 is 0. The van der Waals surface area contributed by atoms with E-state index in [0.29, 0.717) is 0 Å². The highest BCUT2D eigenvalue weighted by molar-refractivity contribution is 5.69. The van der Waals surface area contributed by atoms with Crippen molar-refractivity contribution in [3.63, 3.8) is 0 Å². The zero-order valence-electron chi connectivity index (χ0n) is 10.5. The van der Waals surface area contributed by atoms with E-state index in [-0.39, 0.29) is 11.2 Å². The van der Waals surface area contributed by atoms with Gasteiger partial charge in [-0.05, 0) is 22.6 Å². The van der Waals surface area contributed by atoms with Gasteiger partial charge < -0.3 is 0 Å². The van der Waals surface area contributed by atoms with Gasteiger partial charge in [0.1, 0.15) is 5.82 Å². The van der Waals surface area contributed by atoms with E-state index in [1.54, 1.807) is 6.07 Å². The van der Waals surface area contributed by atoms with Crippen molar-refractivity contribution < 1.29 is 4.39 Å². The molecular formula is C16H17F. The summed E-state index contributed by atoms with van der Waals surface area (Å²) in [6.07, 6.45) is 0. The fourth-order valence-corrected chi connectivity index (χ4v) is 2.05. The second-order valence-corrected chi connectivity index (χ2v) is 5.28. The highest BCUT2D eigenvalue weighted by Gasteiger charge is 2.20. The van der Waals surface area contributed by atoms with Crippen LogP contribution in [0.15, 0.2) is 48.5 Å². The molecule has 0 spiro atoms. The number of hydrogen-bond donors (Lipinski definition) is 0. The first-order valence-electron chi connectivity index (χ1n) is 5.84. The van der Waals surface area contributed by atoms with Crippen LogP contribution in [0.1, 0.15) is 26.3 Å². The lowest BCUT2D eigenvalue weighted by atomic mass is 9.81. The predicted octanol–water partition coefficient (Wildman–Crippen LogP) is 4.79. The Hall–Kier alpha value is -1.63. The Kier molecular flexibility index (Phi) is 3.01. The Balaban J connectivity index is 2.69. The number of benzene rings is 2. The van der Waals surface area contributed by atoms with Gasteiger partial charge in [-0.1, -0.05) is 63.2 Å². The quantitative estimate of drug-likeness (QED) is 0.658. The second kappa shape index (κ2) is 4.33. The first-order valence-corrected chi connectivity index (χ1v) is 5.84. The van der Waals surface area contributed by atoms with Gasteiger partial charge in [0, 0.05) is 5.56 Å². The predicted molar refractivity (Wildman–Crippen MR) is 70.5 cm³/mol. The third-order valence-corrected chi connectivity index (χ3v) is 2.88. The molecule has 2 aromatic carbocycles. The summed E-state index contributed by atoms with van der Waals surface area (Å²) in [6, 6.07) is 15.0. The van der Waals surface area contributed by atoms with E-state index < -0.39 is 0 Å². The molecule has 0 saturated carbocycles. The first kappa shape index (κ1) is 11.8. The fraction of sp³-hybridized carbons (Fsp3) is 0.250. The molecule has 0 radical (unpaired) electrons. The van der Waals surface area contributed by atoms with Crippen LogP contribution in [-0.2, 0) is 5.41 Å². The van der Waals surface area contributed by atoms with Crippen molar-refractivity contribution in [1.29, 1.82) is 0 Å². The lowest BCUT2D eigenvalue weighted by Crippen LogP contribution is -2.13. The van der Waals surface area contributed by atoms with E-state index in [1.807, 2.05) is 36.4 Å². The van der Waals surface area contributed by atoms with Gasteiger partial charge in [-0.15, -0.1) is 0 Å². The van der Waals surface area contributed by atoms with Crippen LogP contribution in [-0.4, -0.2) is 0 Å². The number of hydrogen-bond acceptors (Lipinski definition) is 0. The molecule has 17 heavy (non-hydrogen) atoms. The summed E-state index contributed by atoms with van der Waals surface area (Å²) in [5.41, 5.74) is 2.65. The van der Waals surface area contributed by atoms with E-state index in [2.05, 4.69) is 20.8 Å². The van der Waals surface area contributed by atoms with Crippen LogP contribution in [0.4, 0.5) is 4.39 Å². The molecular weight excluding hydrogens is 211 g/mol. The van der Waals surface area contributed by atoms with Crippen LogP contribution in [0.3, 0.4) is 0 Å². The Bertz CT molecular complexity index is 507. The summed E-state index contributed by atoms with van der Waals surface area (Å²) in [7, 11) is 0. The molecule has 0 saturated heterocycles. The van der Waals surface area contributed by atoms with Gasteiger partial charge in [0.05, 0.1) is 0 Å². The molecule has 0 atom stereocenters. The molecule has 0 aliphatic rings. The molecule has 0 aromatic heterocycles. The molecule has 0 fully saturated rings. The molecule has 0 N–H and O–H groups in total. The lowest BCUT2D eigenvalue weighted by molar-refractivity contribution is 0.576. The Morgan fingerprint density at radius 3 is 2.06 bits per heavy atom. The van der Waals surface area contributed by atoms with Gasteiger partial charge in [0.2, 0.25) is 0 Å². The average Bonchev–Trinajstić information content (AvgIpc) is 2.28. The Labute approximate surface area is 102 Å². The van der Waals surface area contributed by atoms with Gasteiger partial charge in [-0.2, -0.15) is 0 Å². The summed E-state index contributed by atoms with van der Waals surface area (Å²) in [5.74, 6) is -0.149. The summed E-state index contributed by atoms with van der Waals surface area (Å²) in [6.45, 7) is 6.32. The van der Waals surface area contributed by atoms with E-state index >= 15 is 0 Å². The van der Waals surface area contributed by atoms with Crippen molar-refractivity contribution in [1.82, 2.24) is 0 Å². The number of rotatable bonds is 1. The minimum atomic E-state index is -0.149. The van der Waals surface area contributed by atoms with Gasteiger partial charge >= 0.3 is 0 Å². The van der Waals surface area contributed by atoms with Crippen LogP contribution in [0, 0.1) is 5.82 Å². The number of halogens is 1. The minimum absolute atomic E-state index is 0.0622. The van der Waals surface area contributed by atoms with Crippen molar-refractivity contribution in [2.75, 3.05) is 0 Å². The highest BCUT2D eigenvalue weighted by atomic mass is 19.1. The van der Waals surface area contributed by atoms with Gasteiger partial charge in [-0.3, -0.25) is 0 Å². The zero-order valence-corrected chi connectivity index (χ0v) is 10.5. The smallest absolute Gasteiger partial charge is 0.131 e. The Morgan fingerprint density at radius 1 is 0.824 bits per heavy atom. The average molecular weight is 228 g/mol. The first-order chi connectivity index (χ1) is 8.00. The van der Waals surface area contributed by atoms with E-state index in [9.17, 15) is 4.39 Å². The maximum atomic E-state index is 14.1. The normalized spacial score (nSPS) is 11.5. The molecule has 0 heterocycles. The van der Waals surface area contributed by atoms with Crippen molar-refractivity contribution in [3.8, 4) is 11.1 Å². The summed E-state index contributed by atoms with van der Waals surface area (Å²) in [5, 5.41) is 0. The van der Waals surface area contributed by atoms with Crippen molar-refractivity contribution in [2.24, 2.45) is 0 Å². The molecule has 1 heteroatoms. The summed E-state index contributed by atoms with van der Waals surface area (Å²) < 4.78 is 14.1. The fourth-order valence-electron chi connectivity index (χ4n) is 2.05. The highest BCUT2D eigenvalue weighted by Crippen LogP contribution is 2.34. The van der Waals surface area contributed by atoms with Crippen LogP contribution >= 0.6 is 0 Å². The monoisotopic (exact) mass is 228 g/mol. The lowest BCUT2D eigenvalue weighted by Gasteiger charge is -2.23. The third-order valence-electron chi connectivity index (χ3n) is 2.88. The SMILES string of the molecule is CC(C)(C)c1cccc(F)c1-c1ccccc1. The molecule has 0 bridgehead atoms. The van der Waals surface area contributed by atoms with Crippen LogP contribution in [0.5, 0.6) is 0 Å². The molecule has 0 aliphatic carbocycles. The van der Waals surface area contributed by atoms with E-state index in [4.69, 9.17) is 0 Å². The molecule has 0 unspecified atom stereocenters. The van der Waals surface area contributed by atoms with Gasteiger partial charge in [0.25, 0.3) is 0 Å². The molecule has 2 rings (SSSR count). The molecule has 0 nitrogen and oxygen atoms in total. The summed E-state index contributed by atoms with van der Waals surface area (Å²) in [4.78, 5) is 0. The molecule has 0 aliphatic heterocycles. The van der Waals surface area contributed by atoms with E-state index in [0.717, 1.165) is 16.7 Å². The molecule has 88 valence electrons.